The summed E-state index contributed by atoms with van der Waals surface area (Å²) in [7, 11) is -1.18. The van der Waals surface area contributed by atoms with Crippen molar-refractivity contribution in [1.29, 1.82) is 10.5 Å². The van der Waals surface area contributed by atoms with E-state index in [1.54, 1.807) is 18.7 Å². The van der Waals surface area contributed by atoms with Gasteiger partial charge in [0.2, 0.25) is 23.4 Å². The molecule has 0 unspecified atom stereocenters. The minimum Gasteiger partial charge on any atom is -0.475 e. The van der Waals surface area contributed by atoms with Crippen LogP contribution in [0.25, 0.3) is 44.6 Å². The highest BCUT2D eigenvalue weighted by atomic mass is 28.3. The lowest BCUT2D eigenvalue weighted by atomic mass is 9.82. The average molecular weight is 1470 g/mol. The predicted octanol–water partition coefficient (Wildman–Crippen LogP) is 9.93. The standard InChI is InChI=1S/C32H40F3N9O3Si.C26H26F3N9O2.2C2HF3O2/c1-48(2,3)13-12-46-21-42-11-8-26-28(37-20-38-29(26)42)22-15-39-44(16-22)31(9-10-36)18-43(19-31)24-4-6-25(7-5-24)47-27-14-23(17-45)40-30(41-27)32(33,34)35;27-26(28,29)24-35-17(12-39)9-21(36-24)40-19-3-1-18(2-4-19)37-13-25(14-37,6-7-30)38-11-16(10-34-38)22-20-5-8-31-23(20)33-15-32-22;2*3-2(4,5)1(6)7/h8,11,14-16,20,24-25,45H,4-7,9,12-13,17-19,21H2,1-3H3;5,8-11,15,18-19,39H,1-4,6,12-14H2,(H,31,32,33);2*(H,6,7). The summed E-state index contributed by atoms with van der Waals surface area (Å²) in [6, 6.07) is 12.7. The Bertz CT molecular complexity index is 4250. The number of carboxylic acids is 2. The lowest BCUT2D eigenvalue weighted by Crippen LogP contribution is -2.65. The van der Waals surface area contributed by atoms with Crippen molar-refractivity contribution >= 4 is 42.1 Å². The number of carbonyl (C=O) groups is 2. The van der Waals surface area contributed by atoms with Crippen molar-refractivity contribution in [2.75, 3.05) is 32.8 Å². The smallest absolute Gasteiger partial charge is 0.475 e. The molecular weight excluding hydrogens is 1400 g/mol. The summed E-state index contributed by atoms with van der Waals surface area (Å²) in [4.78, 5) is 57.1. The van der Waals surface area contributed by atoms with Gasteiger partial charge in [-0.05, 0) is 69.5 Å². The number of carboxylic acid groups (broad SMARTS) is 2. The number of halogens is 12. The third-order valence-corrected chi connectivity index (χ3v) is 19.1. The van der Waals surface area contributed by atoms with Gasteiger partial charge in [0, 0.05) is 112 Å². The van der Waals surface area contributed by atoms with Gasteiger partial charge in [-0.1, -0.05) is 19.6 Å². The molecule has 0 atom stereocenters. The molecule has 0 radical (unpaired) electrons. The van der Waals surface area contributed by atoms with Crippen LogP contribution >= 0.6 is 0 Å². The molecule has 2 saturated heterocycles. The van der Waals surface area contributed by atoms with Crippen LogP contribution in [0.2, 0.25) is 25.7 Å². The second-order valence-corrected chi connectivity index (χ2v) is 31.5. The number of alkyl halides is 12. The van der Waals surface area contributed by atoms with E-state index in [2.05, 4.69) is 91.5 Å². The molecule has 27 nitrogen and oxygen atoms in total. The second-order valence-electron chi connectivity index (χ2n) is 25.9. The number of nitriles is 2. The number of nitrogens with one attached hydrogen (secondary N) is 1. The normalized spacial score (nSPS) is 19.3. The first-order valence-corrected chi connectivity index (χ1v) is 35.3. The van der Waals surface area contributed by atoms with Gasteiger partial charge in [-0.25, -0.2) is 39.5 Å². The highest BCUT2D eigenvalue weighted by Gasteiger charge is 2.50. The molecule has 8 aromatic heterocycles. The third kappa shape index (κ3) is 19.0. The number of likely N-dealkylation sites (tertiary alicyclic amines) is 2. The zero-order valence-electron chi connectivity index (χ0n) is 54.6. The number of aromatic nitrogens is 14. The van der Waals surface area contributed by atoms with E-state index < -0.39 is 80.7 Å². The molecule has 0 bridgehead atoms. The van der Waals surface area contributed by atoms with E-state index in [0.29, 0.717) is 78.0 Å². The third-order valence-electron chi connectivity index (χ3n) is 17.3. The van der Waals surface area contributed by atoms with Gasteiger partial charge in [0.05, 0.1) is 73.4 Å². The summed E-state index contributed by atoms with van der Waals surface area (Å²) in [5.41, 5.74) is 3.57. The number of nitrogens with zero attached hydrogens (tertiary/aromatic N) is 17. The number of aliphatic hydroxyl groups excluding tert-OH is 2. The van der Waals surface area contributed by atoms with E-state index in [-0.39, 0.29) is 47.4 Å². The topological polar surface area (TPSA) is 356 Å². The summed E-state index contributed by atoms with van der Waals surface area (Å²) in [6.45, 7) is 9.48. The average Bonchev–Trinajstić information content (AvgIpc) is 1.39. The summed E-state index contributed by atoms with van der Waals surface area (Å²) in [5.74, 6) is -8.52. The Morgan fingerprint density at radius 2 is 1.06 bits per heavy atom. The number of H-pyrrole nitrogens is 1. The molecule has 40 heteroatoms. The number of aliphatic hydroxyl groups is 2. The molecule has 0 spiro atoms. The predicted molar refractivity (Wildman–Crippen MR) is 334 cm³/mol. The van der Waals surface area contributed by atoms with Crippen molar-refractivity contribution in [3.8, 4) is 46.4 Å². The highest BCUT2D eigenvalue weighted by molar-refractivity contribution is 6.76. The Kier molecular flexibility index (Phi) is 23.6. The largest absolute Gasteiger partial charge is 0.490 e. The number of hydrogen-bond donors (Lipinski definition) is 5. The van der Waals surface area contributed by atoms with Gasteiger partial charge < -0.3 is 44.2 Å². The first-order valence-electron chi connectivity index (χ1n) is 31.6. The SMILES string of the molecule is C[Si](C)(C)CCOCn1ccc2c(-c3cnn(C4(CC#N)CN(C5CCC(Oc6cc(CO)nc(C(F)(F)F)n6)CC5)C4)c3)ncnc21.N#CCC1(n2cc(-c3ncnc4[nH]ccc34)cn2)CN(C2CCC(Oc3cc(CO)nc(C(F)(F)F)n3)CC2)C1.O=C(O)C(F)(F)F.O=C(O)C(F)(F)F. The van der Waals surface area contributed by atoms with Crippen LogP contribution in [0.15, 0.2) is 74.1 Å². The summed E-state index contributed by atoms with van der Waals surface area (Å²) < 4.78 is 166. The zero-order valence-corrected chi connectivity index (χ0v) is 55.6. The van der Waals surface area contributed by atoms with Crippen LogP contribution < -0.4 is 9.47 Å². The number of aliphatic carboxylic acids is 2. The van der Waals surface area contributed by atoms with Crippen molar-refractivity contribution in [3.05, 3.63) is 97.1 Å². The maximum absolute atomic E-state index is 13.2. The minimum atomic E-state index is -5.08. The van der Waals surface area contributed by atoms with Crippen LogP contribution in [0.5, 0.6) is 11.8 Å². The molecule has 5 N–H and O–H groups in total. The Labute approximate surface area is 572 Å². The Balaban J connectivity index is 0.000000202. The van der Waals surface area contributed by atoms with Gasteiger partial charge in [-0.3, -0.25) is 19.2 Å². The van der Waals surface area contributed by atoms with Crippen LogP contribution in [0.1, 0.15) is 87.2 Å². The zero-order chi connectivity index (χ0) is 74.2. The maximum atomic E-state index is 13.2. The van der Waals surface area contributed by atoms with Gasteiger partial charge >= 0.3 is 36.6 Å². The molecule has 2 aliphatic heterocycles. The monoisotopic (exact) mass is 1460 g/mol. The van der Waals surface area contributed by atoms with Crippen molar-refractivity contribution < 1.29 is 96.9 Å². The fraction of sp³-hybridized carbons (Fsp3) is 0.516. The first-order chi connectivity index (χ1) is 48.0. The molecule has 548 valence electrons. The van der Waals surface area contributed by atoms with Gasteiger partial charge in [-0.2, -0.15) is 83.4 Å². The fourth-order valence-corrected chi connectivity index (χ4v) is 12.9. The number of ether oxygens (including phenoxy) is 3. The highest BCUT2D eigenvalue weighted by Crippen LogP contribution is 2.42. The molecule has 12 rings (SSSR count). The lowest BCUT2D eigenvalue weighted by molar-refractivity contribution is -0.193. The van der Waals surface area contributed by atoms with Crippen molar-refractivity contribution in [2.24, 2.45) is 0 Å². The van der Waals surface area contributed by atoms with Crippen LogP contribution in [0.4, 0.5) is 52.7 Å². The summed E-state index contributed by atoms with van der Waals surface area (Å²) in [5, 5.41) is 63.4. The molecule has 4 aliphatic rings. The van der Waals surface area contributed by atoms with E-state index in [1.165, 1.54) is 18.5 Å². The summed E-state index contributed by atoms with van der Waals surface area (Å²) >= 11 is 0. The number of aromatic amines is 1. The van der Waals surface area contributed by atoms with Gasteiger partial charge in [-0.15, -0.1) is 0 Å². The molecule has 0 amide bonds. The Morgan fingerprint density at radius 1 is 0.627 bits per heavy atom. The van der Waals surface area contributed by atoms with Crippen LogP contribution in [0, 0.1) is 22.7 Å². The van der Waals surface area contributed by atoms with E-state index in [9.17, 15) is 73.4 Å². The van der Waals surface area contributed by atoms with Gasteiger partial charge in [0.15, 0.2) is 0 Å². The van der Waals surface area contributed by atoms with Gasteiger partial charge in [0.25, 0.3) is 0 Å². The molecule has 102 heavy (non-hydrogen) atoms. The maximum Gasteiger partial charge on any atom is 0.490 e. The second kappa shape index (κ2) is 31.4. The van der Waals surface area contributed by atoms with Crippen LogP contribution in [0.3, 0.4) is 0 Å². The van der Waals surface area contributed by atoms with E-state index in [4.69, 9.17) is 39.1 Å². The van der Waals surface area contributed by atoms with Crippen molar-refractivity contribution in [2.45, 2.75) is 170 Å². The number of fused-ring (bicyclic) bond motifs is 2. The molecule has 2 aliphatic carbocycles. The lowest BCUT2D eigenvalue weighted by Gasteiger charge is -2.53. The summed E-state index contributed by atoms with van der Waals surface area (Å²) in [6.07, 6.45) is 0.454. The number of hydrogen-bond acceptors (Lipinski definition) is 21. The Hall–Kier alpha value is -9.48. The molecule has 0 aromatic carbocycles. The fourth-order valence-electron chi connectivity index (χ4n) is 12.2. The molecule has 4 fully saturated rings. The Morgan fingerprint density at radius 3 is 1.46 bits per heavy atom. The van der Waals surface area contributed by atoms with E-state index in [1.807, 2.05) is 50.9 Å². The van der Waals surface area contributed by atoms with Crippen molar-refractivity contribution in [1.82, 2.24) is 78.8 Å². The molecular formula is C62H68F12N18O9Si. The van der Waals surface area contributed by atoms with E-state index in [0.717, 1.165) is 76.3 Å². The molecule has 2 saturated carbocycles. The van der Waals surface area contributed by atoms with Crippen LogP contribution in [-0.2, 0) is 57.7 Å². The quantitative estimate of drug-likeness (QED) is 0.0285. The van der Waals surface area contributed by atoms with E-state index >= 15 is 0 Å². The number of rotatable bonds is 19. The molecule has 8 aromatic rings. The van der Waals surface area contributed by atoms with Crippen molar-refractivity contribution in [3.63, 3.8) is 0 Å². The first kappa shape index (κ1) is 76.7. The minimum absolute atomic E-state index is 0.139. The molecule has 10 heterocycles. The van der Waals surface area contributed by atoms with Crippen LogP contribution in [-0.4, -0.2) is 189 Å². The van der Waals surface area contributed by atoms with Gasteiger partial charge in [0.1, 0.15) is 54.0 Å².